The monoisotopic (exact) mass is 241 g/mol. The van der Waals surface area contributed by atoms with Gasteiger partial charge in [-0.15, -0.1) is 0 Å². The normalized spacial score (nSPS) is 11.6. The summed E-state index contributed by atoms with van der Waals surface area (Å²) in [7, 11) is 0. The first-order valence-corrected chi connectivity index (χ1v) is 5.53. The summed E-state index contributed by atoms with van der Waals surface area (Å²) in [6, 6.07) is 3.85. The molecule has 0 radical (unpaired) electrons. The molecule has 0 aromatic heterocycles. The van der Waals surface area contributed by atoms with Gasteiger partial charge in [-0.1, -0.05) is 12.1 Å². The highest BCUT2D eigenvalue weighted by atomic mass is 19.2. The maximum absolute atomic E-state index is 13.3. The molecular weight excluding hydrogens is 224 g/mol. The zero-order chi connectivity index (χ0) is 13.1. The number of carbonyl (C=O) groups excluding carboxylic acids is 1. The minimum absolute atomic E-state index is 0.0837. The molecule has 1 rings (SSSR count). The van der Waals surface area contributed by atoms with Gasteiger partial charge in [-0.3, -0.25) is 4.79 Å². The minimum atomic E-state index is -0.937. The van der Waals surface area contributed by atoms with Gasteiger partial charge in [0.25, 0.3) is 0 Å². The number of carbonyl (C=O) groups is 1. The minimum Gasteiger partial charge on any atom is -0.326 e. The van der Waals surface area contributed by atoms with Crippen molar-refractivity contribution in [3.05, 3.63) is 35.4 Å². The maximum Gasteiger partial charge on any atom is 0.162 e. The molecule has 94 valence electrons. The van der Waals surface area contributed by atoms with E-state index in [0.717, 1.165) is 6.07 Å². The quantitative estimate of drug-likeness (QED) is 0.861. The summed E-state index contributed by atoms with van der Waals surface area (Å²) in [6.45, 7) is 3.64. The highest BCUT2D eigenvalue weighted by Gasteiger charge is 2.15. The number of hydrogen-bond acceptors (Lipinski definition) is 2. The number of nitrogens with two attached hydrogens (primary N) is 1. The van der Waals surface area contributed by atoms with Gasteiger partial charge in [0.15, 0.2) is 11.6 Å². The van der Waals surface area contributed by atoms with E-state index in [4.69, 9.17) is 5.73 Å². The van der Waals surface area contributed by atoms with Crippen LogP contribution in [0.1, 0.15) is 32.3 Å². The SMILES string of the molecule is CC(C)(N)CCC(=O)Cc1cccc(F)c1F. The molecule has 0 unspecified atom stereocenters. The van der Waals surface area contributed by atoms with Gasteiger partial charge in [-0.25, -0.2) is 8.78 Å². The molecule has 2 nitrogen and oxygen atoms in total. The highest BCUT2D eigenvalue weighted by molar-refractivity contribution is 5.80. The van der Waals surface area contributed by atoms with Crippen molar-refractivity contribution < 1.29 is 13.6 Å². The molecule has 0 saturated carbocycles. The molecule has 0 aliphatic rings. The van der Waals surface area contributed by atoms with Gasteiger partial charge in [0.2, 0.25) is 0 Å². The molecule has 2 N–H and O–H groups in total. The summed E-state index contributed by atoms with van der Waals surface area (Å²) in [5, 5.41) is 0. The Hall–Kier alpha value is -1.29. The van der Waals surface area contributed by atoms with E-state index < -0.39 is 17.2 Å². The van der Waals surface area contributed by atoms with Gasteiger partial charge in [-0.05, 0) is 31.9 Å². The Balaban J connectivity index is 2.60. The number of ketones is 1. The Bertz CT molecular complexity index is 410. The second-order valence-corrected chi connectivity index (χ2v) is 4.92. The van der Waals surface area contributed by atoms with Crippen molar-refractivity contribution in [3.8, 4) is 0 Å². The molecular formula is C13H17F2NO. The summed E-state index contributed by atoms with van der Waals surface area (Å²) < 4.78 is 26.2. The van der Waals surface area contributed by atoms with Crippen molar-refractivity contribution in [1.82, 2.24) is 0 Å². The van der Waals surface area contributed by atoms with Gasteiger partial charge in [0, 0.05) is 18.4 Å². The van der Waals surface area contributed by atoms with Crippen LogP contribution < -0.4 is 5.73 Å². The number of benzene rings is 1. The van der Waals surface area contributed by atoms with E-state index >= 15 is 0 Å². The third-order valence-corrected chi connectivity index (χ3v) is 2.47. The maximum atomic E-state index is 13.3. The van der Waals surface area contributed by atoms with E-state index in [1.807, 2.05) is 13.8 Å². The fourth-order valence-electron chi connectivity index (χ4n) is 1.45. The molecule has 4 heteroatoms. The molecule has 0 atom stereocenters. The van der Waals surface area contributed by atoms with Crippen LogP contribution in [-0.2, 0) is 11.2 Å². The van der Waals surface area contributed by atoms with E-state index in [1.54, 1.807) is 0 Å². The van der Waals surface area contributed by atoms with Gasteiger partial charge in [0.05, 0.1) is 0 Å². The lowest BCUT2D eigenvalue weighted by molar-refractivity contribution is -0.118. The second kappa shape index (κ2) is 5.36. The van der Waals surface area contributed by atoms with Crippen LogP contribution in [0.15, 0.2) is 18.2 Å². The van der Waals surface area contributed by atoms with Crippen LogP contribution in [-0.4, -0.2) is 11.3 Å². The Labute approximate surface area is 99.8 Å². The fourth-order valence-corrected chi connectivity index (χ4v) is 1.45. The number of rotatable bonds is 5. The van der Waals surface area contributed by atoms with E-state index in [0.29, 0.717) is 6.42 Å². The van der Waals surface area contributed by atoms with Crippen LogP contribution in [0.3, 0.4) is 0 Å². The number of hydrogen-bond donors (Lipinski definition) is 1. The predicted octanol–water partition coefficient (Wildman–Crippen LogP) is 2.59. The van der Waals surface area contributed by atoms with Crippen LogP contribution in [0, 0.1) is 11.6 Å². The largest absolute Gasteiger partial charge is 0.326 e. The lowest BCUT2D eigenvalue weighted by Crippen LogP contribution is -2.32. The zero-order valence-corrected chi connectivity index (χ0v) is 10.1. The molecule has 0 amide bonds. The third-order valence-electron chi connectivity index (χ3n) is 2.47. The van der Waals surface area contributed by atoms with Crippen LogP contribution in [0.4, 0.5) is 8.78 Å². The van der Waals surface area contributed by atoms with Crippen LogP contribution >= 0.6 is 0 Å². The number of halogens is 2. The van der Waals surface area contributed by atoms with Crippen LogP contribution in [0.25, 0.3) is 0 Å². The molecule has 0 bridgehead atoms. The van der Waals surface area contributed by atoms with E-state index in [-0.39, 0.29) is 24.2 Å². The molecule has 1 aromatic carbocycles. The lowest BCUT2D eigenvalue weighted by atomic mass is 9.96. The third kappa shape index (κ3) is 4.61. The Morgan fingerprint density at radius 2 is 2.00 bits per heavy atom. The van der Waals surface area contributed by atoms with Crippen LogP contribution in [0.2, 0.25) is 0 Å². The second-order valence-electron chi connectivity index (χ2n) is 4.92. The molecule has 1 aromatic rings. The van der Waals surface area contributed by atoms with Crippen molar-refractivity contribution in [2.45, 2.75) is 38.6 Å². The van der Waals surface area contributed by atoms with Crippen molar-refractivity contribution >= 4 is 5.78 Å². The average molecular weight is 241 g/mol. The van der Waals surface area contributed by atoms with E-state index in [2.05, 4.69) is 0 Å². The Kier molecular flexibility index (Phi) is 4.34. The summed E-state index contributed by atoms with van der Waals surface area (Å²) in [6.07, 6.45) is 0.724. The first-order valence-electron chi connectivity index (χ1n) is 5.53. The van der Waals surface area contributed by atoms with Gasteiger partial charge < -0.3 is 5.73 Å². The lowest BCUT2D eigenvalue weighted by Gasteiger charge is -2.17. The summed E-state index contributed by atoms with van der Waals surface area (Å²) >= 11 is 0. The topological polar surface area (TPSA) is 43.1 Å². The Morgan fingerprint density at radius 1 is 1.35 bits per heavy atom. The summed E-state index contributed by atoms with van der Waals surface area (Å²) in [5.41, 5.74) is 5.43. The standard InChI is InChI=1S/C13H17F2NO/c1-13(2,16)7-6-10(17)8-9-4-3-5-11(14)12(9)15/h3-5H,6-8,16H2,1-2H3. The van der Waals surface area contributed by atoms with Gasteiger partial charge in [0.1, 0.15) is 5.78 Å². The van der Waals surface area contributed by atoms with Crippen molar-refractivity contribution in [1.29, 1.82) is 0 Å². The fraction of sp³-hybridized carbons (Fsp3) is 0.462. The van der Waals surface area contributed by atoms with Crippen molar-refractivity contribution in [2.75, 3.05) is 0 Å². The smallest absolute Gasteiger partial charge is 0.162 e. The first-order chi connectivity index (χ1) is 7.79. The van der Waals surface area contributed by atoms with Crippen LogP contribution in [0.5, 0.6) is 0 Å². The first kappa shape index (κ1) is 13.8. The number of Topliss-reactive ketones (excluding diaryl/α,β-unsaturated/α-hetero) is 1. The zero-order valence-electron chi connectivity index (χ0n) is 10.1. The van der Waals surface area contributed by atoms with Crippen molar-refractivity contribution in [2.24, 2.45) is 5.73 Å². The molecule has 0 saturated heterocycles. The van der Waals surface area contributed by atoms with Gasteiger partial charge in [-0.2, -0.15) is 0 Å². The molecule has 0 spiro atoms. The van der Waals surface area contributed by atoms with E-state index in [9.17, 15) is 13.6 Å². The predicted molar refractivity (Wildman–Crippen MR) is 62.6 cm³/mol. The molecule has 17 heavy (non-hydrogen) atoms. The average Bonchev–Trinajstić information content (AvgIpc) is 2.21. The van der Waals surface area contributed by atoms with Crippen molar-refractivity contribution in [3.63, 3.8) is 0 Å². The Morgan fingerprint density at radius 3 is 2.59 bits per heavy atom. The molecule has 0 heterocycles. The summed E-state index contributed by atoms with van der Waals surface area (Å²) in [4.78, 5) is 11.6. The molecule has 0 fully saturated rings. The van der Waals surface area contributed by atoms with E-state index in [1.165, 1.54) is 12.1 Å². The molecule has 0 aliphatic carbocycles. The summed E-state index contributed by atoms with van der Waals surface area (Å²) in [5.74, 6) is -1.99. The molecule has 0 aliphatic heterocycles. The highest BCUT2D eigenvalue weighted by Crippen LogP contribution is 2.14. The van der Waals surface area contributed by atoms with Gasteiger partial charge >= 0.3 is 0 Å².